The third-order valence-electron chi connectivity index (χ3n) is 5.92. The molecule has 0 atom stereocenters. The van der Waals surface area contributed by atoms with Crippen LogP contribution in [0.25, 0.3) is 0 Å². The van der Waals surface area contributed by atoms with E-state index in [1.165, 1.54) is 82.0 Å². The fourth-order valence-corrected chi connectivity index (χ4v) is 5.72. The number of unbranched alkanes of at least 4 members (excludes halogenated alkanes) is 4. The summed E-state index contributed by atoms with van der Waals surface area (Å²) in [6, 6.07) is 5.06. The van der Waals surface area contributed by atoms with Gasteiger partial charge in [0.15, 0.2) is 0 Å². The molecule has 0 saturated carbocycles. The number of hydrogen-bond acceptors (Lipinski definition) is 0. The number of rotatable bonds is 12. The molecule has 0 aliphatic rings. The first-order valence-corrected chi connectivity index (χ1v) is 29.3. The fraction of sp³-hybridized carbons (Fsp3) is 0.571. The SMILES string of the molecule is CCCC[N+](CCCC)(CCCC)CCCC.Clc1[c-]c(Cl)c(Cl)c(Cl)c1Cl.Clc1[c-]c(Cl)c(Cl)c(Cl)c1Cl.[I][Au-][I]. The van der Waals surface area contributed by atoms with Crippen molar-refractivity contribution in [3.05, 3.63) is 62.4 Å². The minimum absolute atomic E-state index is 0.155. The molecule has 0 saturated heterocycles. The van der Waals surface area contributed by atoms with Gasteiger partial charge < -0.3 is 4.48 Å². The fourth-order valence-electron chi connectivity index (χ4n) is 3.64. The number of quaternary nitrogens is 1. The van der Waals surface area contributed by atoms with Crippen LogP contribution in [-0.4, -0.2) is 30.7 Å². The average molecular weight is 1190 g/mol. The molecule has 0 radical (unpaired) electrons. The predicted molar refractivity (Wildman–Crippen MR) is 208 cm³/mol. The van der Waals surface area contributed by atoms with Gasteiger partial charge in [0, 0.05) is 0 Å². The molecule has 0 amide bonds. The zero-order chi connectivity index (χ0) is 32.9. The Kier molecular flexibility index (Phi) is 32.1. The van der Waals surface area contributed by atoms with Crippen LogP contribution in [0.1, 0.15) is 79.1 Å². The Morgan fingerprint density at radius 2 is 0.643 bits per heavy atom. The second-order valence-corrected chi connectivity index (χ2v) is 28.7. The molecule has 0 heterocycles. The van der Waals surface area contributed by atoms with E-state index in [0.717, 1.165) is 0 Å². The van der Waals surface area contributed by atoms with Gasteiger partial charge in [0.1, 0.15) is 0 Å². The summed E-state index contributed by atoms with van der Waals surface area (Å²) in [7, 11) is 0. The topological polar surface area (TPSA) is 0 Å². The van der Waals surface area contributed by atoms with Crippen LogP contribution in [0.5, 0.6) is 0 Å². The van der Waals surface area contributed by atoms with Gasteiger partial charge in [0.25, 0.3) is 0 Å². The Hall–Kier alpha value is 3.50. The number of hydrogen-bond donors (Lipinski definition) is 0. The molecule has 0 aliphatic heterocycles. The molecule has 1 nitrogen and oxygen atoms in total. The van der Waals surface area contributed by atoms with Crippen LogP contribution in [0.3, 0.4) is 0 Å². The van der Waals surface area contributed by atoms with Gasteiger partial charge in [-0.15, -0.1) is 81.7 Å². The van der Waals surface area contributed by atoms with Crippen molar-refractivity contribution in [1.82, 2.24) is 0 Å². The summed E-state index contributed by atoms with van der Waals surface area (Å²) < 4.78 is 1.42. The quantitative estimate of drug-likeness (QED) is 0.0496. The molecule has 2 aromatic carbocycles. The molecular weight excluding hydrogens is 1160 g/mol. The van der Waals surface area contributed by atoms with Gasteiger partial charge in [0.05, 0.1) is 26.2 Å². The normalized spacial score (nSPS) is 10.8. The zero-order valence-corrected chi connectivity index (χ0v) is 37.8. The molecule has 42 heavy (non-hydrogen) atoms. The number of benzene rings is 2. The molecule has 2 aromatic rings. The summed E-state index contributed by atoms with van der Waals surface area (Å²) in [5.74, 6) is 0. The molecule has 0 unspecified atom stereocenters. The maximum atomic E-state index is 5.64. The van der Waals surface area contributed by atoms with E-state index in [-0.39, 0.29) is 50.2 Å². The Labute approximate surface area is 333 Å². The van der Waals surface area contributed by atoms with Crippen molar-refractivity contribution < 1.29 is 16.6 Å². The Morgan fingerprint density at radius 3 is 0.810 bits per heavy atom. The van der Waals surface area contributed by atoms with Crippen LogP contribution < -0.4 is 0 Å². The summed E-state index contributed by atoms with van der Waals surface area (Å²) >= 11 is 61.4. The van der Waals surface area contributed by atoms with E-state index >= 15 is 0 Å². The van der Waals surface area contributed by atoms with Crippen molar-refractivity contribution in [3.8, 4) is 0 Å². The first kappa shape index (κ1) is 47.6. The van der Waals surface area contributed by atoms with Gasteiger partial charge in [-0.1, -0.05) is 73.5 Å². The van der Waals surface area contributed by atoms with Crippen molar-refractivity contribution in [1.29, 1.82) is 0 Å². The van der Waals surface area contributed by atoms with Crippen LogP contribution >= 0.6 is 154 Å². The van der Waals surface area contributed by atoms with Crippen LogP contribution in [-0.2, 0) is 12.1 Å². The van der Waals surface area contributed by atoms with Crippen LogP contribution in [0.15, 0.2) is 0 Å². The van der Waals surface area contributed by atoms with Crippen molar-refractivity contribution in [3.63, 3.8) is 0 Å². The van der Waals surface area contributed by atoms with Crippen LogP contribution in [0.2, 0.25) is 50.2 Å². The molecule has 0 N–H and O–H groups in total. The zero-order valence-electron chi connectivity index (χ0n) is 23.8. The molecule has 0 aromatic heterocycles. The van der Waals surface area contributed by atoms with Crippen LogP contribution in [0.4, 0.5) is 0 Å². The average Bonchev–Trinajstić information content (AvgIpc) is 2.97. The second kappa shape index (κ2) is 28.3. The van der Waals surface area contributed by atoms with Gasteiger partial charge in [-0.3, -0.25) is 0 Å². The van der Waals surface area contributed by atoms with Crippen molar-refractivity contribution in [2.45, 2.75) is 79.1 Å². The van der Waals surface area contributed by atoms with Crippen molar-refractivity contribution in [2.24, 2.45) is 0 Å². The van der Waals surface area contributed by atoms with E-state index < -0.39 is 0 Å². The standard InChI is InChI=1S/C16H36N.2C6Cl5.Au.2HI/c1-5-9-13-17(14-10-6-2,15-11-7-3)16-12-8-4;2*7-2-1-3(8)5(10)6(11)4(2)9;;;/h5-16H2,1-4H3;;;;2*1H/q+1;2*-1;+1;;/p-2. The second-order valence-electron chi connectivity index (χ2n) is 9.08. The molecule has 2 rings (SSSR count). The molecular formula is C28H36AuCl10I2N-2. The monoisotopic (exact) mass is 1190 g/mol. The number of nitrogens with zero attached hydrogens (tertiary/aromatic N) is 1. The third kappa shape index (κ3) is 19.5. The summed E-state index contributed by atoms with van der Waals surface area (Å²) in [6.07, 6.45) is 11.1. The van der Waals surface area contributed by atoms with Crippen LogP contribution in [0, 0.1) is 12.1 Å². The Morgan fingerprint density at radius 1 is 0.452 bits per heavy atom. The van der Waals surface area contributed by atoms with E-state index in [9.17, 15) is 0 Å². The van der Waals surface area contributed by atoms with Crippen molar-refractivity contribution >= 4 is 154 Å². The van der Waals surface area contributed by atoms with E-state index in [1.54, 1.807) is 0 Å². The summed E-state index contributed by atoms with van der Waals surface area (Å²) in [6.45, 7) is 15.0. The number of halogens is 12. The van der Waals surface area contributed by atoms with Gasteiger partial charge >= 0.3 is 50.2 Å². The Balaban J connectivity index is 0. The van der Waals surface area contributed by atoms with E-state index in [2.05, 4.69) is 77.9 Å². The minimum atomic E-state index is 0.155. The van der Waals surface area contributed by atoms with Crippen molar-refractivity contribution in [2.75, 3.05) is 26.2 Å². The summed E-state index contributed by atoms with van der Waals surface area (Å²) in [5, 5.41) is 1.68. The van der Waals surface area contributed by atoms with Gasteiger partial charge in [-0.2, -0.15) is 46.4 Å². The van der Waals surface area contributed by atoms with Gasteiger partial charge in [0.2, 0.25) is 0 Å². The van der Waals surface area contributed by atoms with E-state index in [0.29, 0.717) is 12.1 Å². The predicted octanol–water partition coefficient (Wildman–Crippen LogP) is 16.3. The van der Waals surface area contributed by atoms with E-state index in [4.69, 9.17) is 116 Å². The maximum absolute atomic E-state index is 5.64. The van der Waals surface area contributed by atoms with Gasteiger partial charge in [-0.05, 0) is 55.8 Å². The summed E-state index contributed by atoms with van der Waals surface area (Å²) in [4.78, 5) is 0. The molecule has 250 valence electrons. The first-order chi connectivity index (χ1) is 19.7. The first-order valence-electron chi connectivity index (χ1n) is 13.2. The molecule has 14 heteroatoms. The van der Waals surface area contributed by atoms with E-state index in [1.807, 2.05) is 0 Å². The molecule has 0 bridgehead atoms. The molecule has 0 spiro atoms. The summed E-state index contributed by atoms with van der Waals surface area (Å²) in [5.41, 5.74) is 0. The third-order valence-corrected chi connectivity index (χ3v) is 10.1. The van der Waals surface area contributed by atoms with Gasteiger partial charge in [-0.25, -0.2) is 0 Å². The molecule has 0 aliphatic carbocycles. The Bertz CT molecular complexity index is 880. The molecule has 0 fully saturated rings.